The van der Waals surface area contributed by atoms with E-state index in [1.165, 1.54) is 11.3 Å². The molecule has 150 valence electrons. The molecule has 0 saturated carbocycles. The molecule has 2 N–H and O–H groups in total. The van der Waals surface area contributed by atoms with Gasteiger partial charge in [-0.3, -0.25) is 9.59 Å². The first kappa shape index (κ1) is 20.4. The molecule has 1 aromatic heterocycles. The molecule has 3 rings (SSSR count). The Morgan fingerprint density at radius 3 is 2.86 bits per heavy atom. The molecule has 0 radical (unpaired) electrons. The highest BCUT2D eigenvalue weighted by Gasteiger charge is 2.16. The number of fused-ring (bicyclic) bond motifs is 1. The Bertz CT molecular complexity index is 869. The van der Waals surface area contributed by atoms with Crippen LogP contribution in [0.15, 0.2) is 17.5 Å². The molecule has 1 aliphatic heterocycles. The number of carbonyl (C=O) groups excluding carboxylic acids is 2. The molecule has 28 heavy (non-hydrogen) atoms. The maximum absolute atomic E-state index is 12.2. The van der Waals surface area contributed by atoms with Gasteiger partial charge in [-0.1, -0.05) is 25.4 Å². The first-order chi connectivity index (χ1) is 13.4. The van der Waals surface area contributed by atoms with E-state index in [9.17, 15) is 9.59 Å². The summed E-state index contributed by atoms with van der Waals surface area (Å²) < 4.78 is 11.3. The highest BCUT2D eigenvalue weighted by molar-refractivity contribution is 7.13. The Kier molecular flexibility index (Phi) is 6.74. The molecule has 1 aromatic carbocycles. The average molecular weight is 424 g/mol. The number of benzene rings is 1. The summed E-state index contributed by atoms with van der Waals surface area (Å²) in [7, 11) is 0. The number of ether oxygens (including phenoxy) is 2. The number of rotatable bonds is 6. The number of thiazole rings is 1. The van der Waals surface area contributed by atoms with Gasteiger partial charge in [-0.05, 0) is 17.7 Å². The number of nitrogens with zero attached hydrogens (tertiary/aromatic N) is 1. The molecule has 2 amide bonds. The Labute approximate surface area is 172 Å². The monoisotopic (exact) mass is 423 g/mol. The van der Waals surface area contributed by atoms with Crippen LogP contribution in [0.1, 0.15) is 31.5 Å². The van der Waals surface area contributed by atoms with E-state index >= 15 is 0 Å². The van der Waals surface area contributed by atoms with Crippen molar-refractivity contribution in [3.63, 3.8) is 0 Å². The first-order valence-corrected chi connectivity index (χ1v) is 10.3. The van der Waals surface area contributed by atoms with Gasteiger partial charge in [0.05, 0.1) is 30.4 Å². The second-order valence-corrected chi connectivity index (χ2v) is 7.96. The maximum atomic E-state index is 12.2. The summed E-state index contributed by atoms with van der Waals surface area (Å²) in [5, 5.41) is 8.30. The fraction of sp³-hybridized carbons (Fsp3) is 0.421. The molecule has 2 aromatic rings. The molecule has 9 heteroatoms. The van der Waals surface area contributed by atoms with Gasteiger partial charge >= 0.3 is 0 Å². The molecular formula is C19H22ClN3O4S. The maximum Gasteiger partial charge on any atom is 0.228 e. The Hall–Kier alpha value is -2.32. The van der Waals surface area contributed by atoms with Crippen molar-refractivity contribution in [2.24, 2.45) is 5.92 Å². The molecule has 0 aliphatic carbocycles. The highest BCUT2D eigenvalue weighted by atomic mass is 35.5. The van der Waals surface area contributed by atoms with Gasteiger partial charge in [-0.15, -0.1) is 11.3 Å². The van der Waals surface area contributed by atoms with E-state index in [4.69, 9.17) is 21.1 Å². The fourth-order valence-corrected chi connectivity index (χ4v) is 3.51. The minimum Gasteiger partial charge on any atom is -0.489 e. The van der Waals surface area contributed by atoms with Gasteiger partial charge in [0.2, 0.25) is 11.8 Å². The van der Waals surface area contributed by atoms with Gasteiger partial charge in [-0.2, -0.15) is 0 Å². The normalized spacial score (nSPS) is 13.1. The van der Waals surface area contributed by atoms with E-state index in [0.717, 1.165) is 12.0 Å². The number of aromatic nitrogens is 1. The van der Waals surface area contributed by atoms with Crippen LogP contribution in [0.5, 0.6) is 11.5 Å². The number of amides is 2. The van der Waals surface area contributed by atoms with Gasteiger partial charge in [-0.25, -0.2) is 4.98 Å². The molecule has 0 spiro atoms. The minimum absolute atomic E-state index is 0.100. The van der Waals surface area contributed by atoms with Crippen LogP contribution in [-0.2, 0) is 22.6 Å². The summed E-state index contributed by atoms with van der Waals surface area (Å²) in [4.78, 5) is 28.2. The van der Waals surface area contributed by atoms with Crippen molar-refractivity contribution in [1.29, 1.82) is 0 Å². The van der Waals surface area contributed by atoms with Crippen LogP contribution in [0.4, 0.5) is 5.13 Å². The van der Waals surface area contributed by atoms with Gasteiger partial charge in [0, 0.05) is 24.3 Å². The lowest BCUT2D eigenvalue weighted by Crippen LogP contribution is -2.24. The van der Waals surface area contributed by atoms with E-state index < -0.39 is 0 Å². The number of carbonyl (C=O) groups is 2. The molecule has 1 aliphatic rings. The molecule has 0 fully saturated rings. The van der Waals surface area contributed by atoms with Crippen molar-refractivity contribution < 1.29 is 19.1 Å². The number of hydrogen-bond acceptors (Lipinski definition) is 6. The van der Waals surface area contributed by atoms with Gasteiger partial charge in [0.1, 0.15) is 0 Å². The van der Waals surface area contributed by atoms with Crippen molar-refractivity contribution in [2.75, 3.05) is 18.5 Å². The third-order valence-electron chi connectivity index (χ3n) is 4.00. The second-order valence-electron chi connectivity index (χ2n) is 6.70. The fourth-order valence-electron chi connectivity index (χ4n) is 2.51. The number of hydrogen-bond donors (Lipinski definition) is 2. The smallest absolute Gasteiger partial charge is 0.228 e. The molecular weight excluding hydrogens is 402 g/mol. The zero-order chi connectivity index (χ0) is 20.1. The van der Waals surface area contributed by atoms with Gasteiger partial charge in [0.25, 0.3) is 0 Å². The van der Waals surface area contributed by atoms with Gasteiger partial charge in [0.15, 0.2) is 16.6 Å². The molecule has 2 heterocycles. The second kappa shape index (κ2) is 9.25. The van der Waals surface area contributed by atoms with Crippen LogP contribution >= 0.6 is 22.9 Å². The number of halogens is 1. The number of nitrogens with one attached hydrogen (secondary N) is 2. The zero-order valence-corrected chi connectivity index (χ0v) is 17.3. The average Bonchev–Trinajstić information content (AvgIpc) is 2.93. The topological polar surface area (TPSA) is 89.6 Å². The number of anilines is 1. The van der Waals surface area contributed by atoms with E-state index in [1.807, 2.05) is 19.9 Å². The Balaban J connectivity index is 1.55. The lowest BCUT2D eigenvalue weighted by atomic mass is 10.2. The third kappa shape index (κ3) is 5.36. The van der Waals surface area contributed by atoms with Crippen molar-refractivity contribution >= 4 is 39.9 Å². The Morgan fingerprint density at radius 1 is 1.29 bits per heavy atom. The van der Waals surface area contributed by atoms with Crippen LogP contribution in [0.3, 0.4) is 0 Å². The van der Waals surface area contributed by atoms with E-state index in [1.54, 1.807) is 11.4 Å². The molecule has 7 nitrogen and oxygen atoms in total. The van der Waals surface area contributed by atoms with Crippen LogP contribution in [0.25, 0.3) is 0 Å². The summed E-state index contributed by atoms with van der Waals surface area (Å²) in [5.74, 6) is 0.747. The highest BCUT2D eigenvalue weighted by Crippen LogP contribution is 2.37. The van der Waals surface area contributed by atoms with Crippen LogP contribution in [0.2, 0.25) is 5.02 Å². The third-order valence-corrected chi connectivity index (χ3v) is 5.09. The van der Waals surface area contributed by atoms with E-state index in [2.05, 4.69) is 15.6 Å². The summed E-state index contributed by atoms with van der Waals surface area (Å²) in [5.41, 5.74) is 1.43. The van der Waals surface area contributed by atoms with E-state index in [0.29, 0.717) is 47.1 Å². The molecule has 0 saturated heterocycles. The predicted molar refractivity (Wildman–Crippen MR) is 108 cm³/mol. The summed E-state index contributed by atoms with van der Waals surface area (Å²) in [6.07, 6.45) is 0.927. The lowest BCUT2D eigenvalue weighted by molar-refractivity contribution is -0.120. The quantitative estimate of drug-likeness (QED) is 0.743. The predicted octanol–water partition coefficient (Wildman–Crippen LogP) is 3.41. The van der Waals surface area contributed by atoms with Gasteiger partial charge < -0.3 is 20.1 Å². The van der Waals surface area contributed by atoms with Crippen LogP contribution < -0.4 is 20.1 Å². The lowest BCUT2D eigenvalue weighted by Gasteiger charge is -2.12. The largest absolute Gasteiger partial charge is 0.489 e. The van der Waals surface area contributed by atoms with Crippen molar-refractivity contribution in [3.8, 4) is 11.5 Å². The summed E-state index contributed by atoms with van der Waals surface area (Å²) in [6.45, 7) is 5.07. The van der Waals surface area contributed by atoms with Crippen molar-refractivity contribution in [3.05, 3.63) is 33.8 Å². The van der Waals surface area contributed by atoms with Crippen LogP contribution in [-0.4, -0.2) is 30.0 Å². The first-order valence-electron chi connectivity index (χ1n) is 9.02. The molecule has 0 bridgehead atoms. The zero-order valence-electron chi connectivity index (χ0n) is 15.7. The van der Waals surface area contributed by atoms with E-state index in [-0.39, 0.29) is 24.2 Å². The SMILES string of the molecule is CC(C)C(=O)Nc1nc(CC(=O)NCc2cc(Cl)c3c(c2)OCCCO3)cs1. The minimum atomic E-state index is -0.171. The van der Waals surface area contributed by atoms with Crippen molar-refractivity contribution in [2.45, 2.75) is 33.2 Å². The van der Waals surface area contributed by atoms with Crippen LogP contribution in [0, 0.1) is 5.92 Å². The standard InChI is InChI=1S/C19H22ClN3O4S/c1-11(2)18(25)23-19-22-13(10-28-19)8-16(24)21-9-12-6-14(20)17-15(7-12)26-4-3-5-27-17/h6-7,10-11H,3-5,8-9H2,1-2H3,(H,21,24)(H,22,23,25). The summed E-state index contributed by atoms with van der Waals surface area (Å²) >= 11 is 7.57. The Morgan fingerprint density at radius 2 is 2.07 bits per heavy atom. The molecule has 0 unspecified atom stereocenters. The molecule has 0 atom stereocenters. The summed E-state index contributed by atoms with van der Waals surface area (Å²) in [6, 6.07) is 3.59. The van der Waals surface area contributed by atoms with Crippen molar-refractivity contribution in [1.82, 2.24) is 10.3 Å².